The van der Waals surface area contributed by atoms with Gasteiger partial charge in [-0.1, -0.05) is 29.3 Å². The monoisotopic (exact) mass is 340 g/mol. The Balaban J connectivity index is 2.03. The molecule has 1 heterocycles. The first kappa shape index (κ1) is 16.5. The molecule has 0 aliphatic carbocycles. The highest BCUT2D eigenvalue weighted by Gasteiger charge is 2.11. The van der Waals surface area contributed by atoms with E-state index in [9.17, 15) is 4.39 Å². The molecule has 3 N–H and O–H groups in total. The Labute approximate surface area is 138 Å². The molecule has 1 atom stereocenters. The molecule has 22 heavy (non-hydrogen) atoms. The molecule has 116 valence electrons. The predicted octanol–water partition coefficient (Wildman–Crippen LogP) is 3.69. The van der Waals surface area contributed by atoms with Crippen molar-refractivity contribution >= 4 is 29.2 Å². The third-order valence-electron chi connectivity index (χ3n) is 3.03. The van der Waals surface area contributed by atoms with Gasteiger partial charge in [0.15, 0.2) is 5.96 Å². The number of rotatable bonds is 4. The van der Waals surface area contributed by atoms with Crippen molar-refractivity contribution in [2.75, 3.05) is 0 Å². The van der Waals surface area contributed by atoms with Crippen LogP contribution in [0.1, 0.15) is 24.2 Å². The highest BCUT2D eigenvalue weighted by Crippen LogP contribution is 2.25. The highest BCUT2D eigenvalue weighted by atomic mass is 35.5. The van der Waals surface area contributed by atoms with Crippen LogP contribution in [-0.2, 0) is 6.54 Å². The van der Waals surface area contributed by atoms with E-state index >= 15 is 0 Å². The van der Waals surface area contributed by atoms with E-state index in [0.29, 0.717) is 10.0 Å². The van der Waals surface area contributed by atoms with E-state index in [1.165, 1.54) is 18.3 Å². The molecular formula is C15H15Cl2FN4. The molecule has 0 saturated heterocycles. The fourth-order valence-corrected chi connectivity index (χ4v) is 2.46. The van der Waals surface area contributed by atoms with E-state index in [1.54, 1.807) is 12.1 Å². The van der Waals surface area contributed by atoms with Crippen LogP contribution in [0.15, 0.2) is 41.5 Å². The van der Waals surface area contributed by atoms with Crippen LogP contribution in [0.3, 0.4) is 0 Å². The highest BCUT2D eigenvalue weighted by molar-refractivity contribution is 6.35. The average molecular weight is 341 g/mol. The van der Waals surface area contributed by atoms with Crippen molar-refractivity contribution in [1.82, 2.24) is 10.3 Å². The van der Waals surface area contributed by atoms with Gasteiger partial charge >= 0.3 is 0 Å². The number of aromatic nitrogens is 1. The minimum atomic E-state index is -0.409. The van der Waals surface area contributed by atoms with E-state index in [0.717, 1.165) is 5.56 Å². The van der Waals surface area contributed by atoms with Crippen molar-refractivity contribution in [3.05, 3.63) is 63.6 Å². The Morgan fingerprint density at radius 2 is 2.18 bits per heavy atom. The lowest BCUT2D eigenvalue weighted by molar-refractivity contribution is 0.599. The summed E-state index contributed by atoms with van der Waals surface area (Å²) in [5.41, 5.74) is 6.89. The van der Waals surface area contributed by atoms with Gasteiger partial charge in [-0.25, -0.2) is 9.38 Å². The topological polar surface area (TPSA) is 63.3 Å². The minimum absolute atomic E-state index is 0.0621. The maximum atomic E-state index is 13.4. The number of nitrogens with two attached hydrogens (primary N) is 1. The Morgan fingerprint density at radius 3 is 2.86 bits per heavy atom. The average Bonchev–Trinajstić information content (AvgIpc) is 2.46. The molecule has 1 aromatic carbocycles. The Bertz CT molecular complexity index is 691. The molecule has 0 aliphatic rings. The summed E-state index contributed by atoms with van der Waals surface area (Å²) in [7, 11) is 0. The number of benzene rings is 1. The van der Waals surface area contributed by atoms with Crippen molar-refractivity contribution in [1.29, 1.82) is 0 Å². The molecule has 0 bridgehead atoms. The number of pyridine rings is 1. The predicted molar refractivity (Wildman–Crippen MR) is 87.5 cm³/mol. The Hall–Kier alpha value is -1.85. The summed E-state index contributed by atoms with van der Waals surface area (Å²) in [6.45, 7) is 1.95. The molecule has 2 rings (SSSR count). The van der Waals surface area contributed by atoms with Gasteiger partial charge in [-0.15, -0.1) is 0 Å². The second-order valence-corrected chi connectivity index (χ2v) is 5.51. The standard InChI is InChI=1S/C15H15Cl2FN4/c1-9(11-5-4-10(16)7-12(11)17)22-15(19)21-8-14-13(18)3-2-6-20-14/h2-7,9H,8H2,1H3,(H3,19,21,22). The van der Waals surface area contributed by atoms with E-state index in [-0.39, 0.29) is 24.2 Å². The summed E-state index contributed by atoms with van der Waals surface area (Å²) >= 11 is 12.0. The first-order valence-corrected chi connectivity index (χ1v) is 7.33. The first-order chi connectivity index (χ1) is 10.5. The molecule has 7 heteroatoms. The van der Waals surface area contributed by atoms with E-state index in [1.807, 2.05) is 13.0 Å². The van der Waals surface area contributed by atoms with Gasteiger partial charge < -0.3 is 11.1 Å². The summed E-state index contributed by atoms with van der Waals surface area (Å²) in [5, 5.41) is 4.10. The number of aliphatic imine (C=N–C) groups is 1. The summed E-state index contributed by atoms with van der Waals surface area (Å²) in [5.74, 6) is -0.226. The summed E-state index contributed by atoms with van der Waals surface area (Å²) in [4.78, 5) is 7.99. The first-order valence-electron chi connectivity index (χ1n) is 6.58. The fourth-order valence-electron chi connectivity index (χ4n) is 1.89. The van der Waals surface area contributed by atoms with Gasteiger partial charge in [0.05, 0.1) is 18.3 Å². The smallest absolute Gasteiger partial charge is 0.189 e. The van der Waals surface area contributed by atoms with E-state index < -0.39 is 5.82 Å². The SMILES string of the molecule is CC(NC(N)=NCc1ncccc1F)c1ccc(Cl)cc1Cl. The quantitative estimate of drug-likeness (QED) is 0.658. The van der Waals surface area contributed by atoms with Crippen molar-refractivity contribution in [2.24, 2.45) is 10.7 Å². The number of hydrogen-bond acceptors (Lipinski definition) is 2. The zero-order valence-electron chi connectivity index (χ0n) is 11.9. The molecule has 4 nitrogen and oxygen atoms in total. The lowest BCUT2D eigenvalue weighted by Gasteiger charge is -2.16. The molecular weight excluding hydrogens is 326 g/mol. The molecule has 0 radical (unpaired) electrons. The van der Waals surface area contributed by atoms with Crippen LogP contribution in [0, 0.1) is 5.82 Å². The van der Waals surface area contributed by atoms with Crippen LogP contribution in [0.2, 0.25) is 10.0 Å². The summed E-state index contributed by atoms with van der Waals surface area (Å²) < 4.78 is 13.4. The van der Waals surface area contributed by atoms with Gasteiger partial charge in [-0.3, -0.25) is 4.98 Å². The number of guanidine groups is 1. The molecule has 0 fully saturated rings. The minimum Gasteiger partial charge on any atom is -0.370 e. The van der Waals surface area contributed by atoms with Crippen LogP contribution in [0.25, 0.3) is 0 Å². The third kappa shape index (κ3) is 4.32. The van der Waals surface area contributed by atoms with Crippen molar-refractivity contribution in [3.63, 3.8) is 0 Å². The van der Waals surface area contributed by atoms with Gasteiger partial charge in [-0.05, 0) is 36.8 Å². The fraction of sp³-hybridized carbons (Fsp3) is 0.200. The number of halogens is 3. The second kappa shape index (κ2) is 7.42. The lowest BCUT2D eigenvalue weighted by Crippen LogP contribution is -2.34. The molecule has 2 aromatic rings. The van der Waals surface area contributed by atoms with Crippen molar-refractivity contribution in [2.45, 2.75) is 19.5 Å². The van der Waals surface area contributed by atoms with Gasteiger partial charge in [-0.2, -0.15) is 0 Å². The molecule has 1 unspecified atom stereocenters. The van der Waals surface area contributed by atoms with E-state index in [2.05, 4.69) is 15.3 Å². The number of nitrogens with zero attached hydrogens (tertiary/aromatic N) is 2. The molecule has 0 amide bonds. The Morgan fingerprint density at radius 1 is 1.41 bits per heavy atom. The summed E-state index contributed by atoms with van der Waals surface area (Å²) in [6.07, 6.45) is 1.51. The number of nitrogens with one attached hydrogen (secondary N) is 1. The van der Waals surface area contributed by atoms with Crippen LogP contribution in [0.4, 0.5) is 4.39 Å². The van der Waals surface area contributed by atoms with Crippen LogP contribution < -0.4 is 11.1 Å². The number of hydrogen-bond donors (Lipinski definition) is 2. The zero-order chi connectivity index (χ0) is 16.1. The van der Waals surface area contributed by atoms with E-state index in [4.69, 9.17) is 28.9 Å². The normalized spacial score (nSPS) is 13.0. The maximum absolute atomic E-state index is 13.4. The largest absolute Gasteiger partial charge is 0.370 e. The van der Waals surface area contributed by atoms with Gasteiger partial charge in [0.1, 0.15) is 5.82 Å². The summed E-state index contributed by atoms with van der Waals surface area (Å²) in [6, 6.07) is 7.91. The van der Waals surface area contributed by atoms with Crippen LogP contribution in [0.5, 0.6) is 0 Å². The maximum Gasteiger partial charge on any atom is 0.189 e. The lowest BCUT2D eigenvalue weighted by atomic mass is 10.1. The Kier molecular flexibility index (Phi) is 5.57. The second-order valence-electron chi connectivity index (χ2n) is 4.67. The molecule has 0 saturated carbocycles. The van der Waals surface area contributed by atoms with Crippen molar-refractivity contribution in [3.8, 4) is 0 Å². The van der Waals surface area contributed by atoms with Crippen LogP contribution in [-0.4, -0.2) is 10.9 Å². The molecule has 0 spiro atoms. The van der Waals surface area contributed by atoms with Crippen LogP contribution >= 0.6 is 23.2 Å². The molecule has 0 aliphatic heterocycles. The third-order valence-corrected chi connectivity index (χ3v) is 3.59. The zero-order valence-corrected chi connectivity index (χ0v) is 13.4. The van der Waals surface area contributed by atoms with Crippen molar-refractivity contribution < 1.29 is 4.39 Å². The molecule has 1 aromatic heterocycles. The van der Waals surface area contributed by atoms with Gasteiger partial charge in [0, 0.05) is 16.2 Å². The van der Waals surface area contributed by atoms with Gasteiger partial charge in [0.25, 0.3) is 0 Å². The van der Waals surface area contributed by atoms with Gasteiger partial charge in [0.2, 0.25) is 0 Å².